The third-order valence-corrected chi connectivity index (χ3v) is 7.43. The number of hydrogen-bond donors (Lipinski definition) is 3. The molecule has 0 aliphatic carbocycles. The zero-order chi connectivity index (χ0) is 24.5. The monoisotopic (exact) mass is 546 g/mol. The molecule has 1 saturated heterocycles. The number of aromatic nitrogens is 2. The van der Waals surface area contributed by atoms with E-state index >= 15 is 0 Å². The zero-order valence-corrected chi connectivity index (χ0v) is 21.2. The normalized spacial score (nSPS) is 16.2. The Morgan fingerprint density at radius 2 is 2.03 bits per heavy atom. The number of ether oxygens (including phenoxy) is 1. The first-order valence-electron chi connectivity index (χ1n) is 10.4. The Bertz CT molecular complexity index is 1020. The molecule has 34 heavy (non-hydrogen) atoms. The van der Waals surface area contributed by atoms with Gasteiger partial charge in [0.25, 0.3) is 0 Å². The molecule has 3 rings (SSSR count). The van der Waals surface area contributed by atoms with Gasteiger partial charge in [-0.2, -0.15) is 0 Å². The zero-order valence-electron chi connectivity index (χ0n) is 18.1. The van der Waals surface area contributed by atoms with Gasteiger partial charge >= 0.3 is 0 Å². The largest absolute Gasteiger partial charge is 0.374 e. The standard InChI is InChI=1S/C20H24Cl2N6O4S2/c21-14-2-1-12(7-15(14)22)9-28-5-6-32-13(10-28)8-24-18(31)11-33-20-27-26-19(34-20)25-17(30)4-3-16(23)29/h1-2,7,13H,3-6,8-11H2,(H2,23,29)(H,24,31)(H,25,26,30). The summed E-state index contributed by atoms with van der Waals surface area (Å²) in [7, 11) is 0. The van der Waals surface area contributed by atoms with E-state index in [1.54, 1.807) is 6.07 Å². The number of primary amides is 1. The van der Waals surface area contributed by atoms with Crippen molar-refractivity contribution in [3.63, 3.8) is 0 Å². The van der Waals surface area contributed by atoms with E-state index < -0.39 is 5.91 Å². The first-order valence-corrected chi connectivity index (χ1v) is 12.9. The Hall–Kier alpha value is -1.96. The van der Waals surface area contributed by atoms with Gasteiger partial charge in [0, 0.05) is 39.0 Å². The Morgan fingerprint density at radius 3 is 2.79 bits per heavy atom. The van der Waals surface area contributed by atoms with E-state index in [0.29, 0.717) is 39.2 Å². The van der Waals surface area contributed by atoms with Crippen LogP contribution >= 0.6 is 46.3 Å². The molecular weight excluding hydrogens is 523 g/mol. The van der Waals surface area contributed by atoms with Crippen molar-refractivity contribution in [2.45, 2.75) is 29.8 Å². The molecular formula is C20H24Cl2N6O4S2. The smallest absolute Gasteiger partial charge is 0.230 e. The first kappa shape index (κ1) is 26.6. The van der Waals surface area contributed by atoms with Crippen molar-refractivity contribution in [3.8, 4) is 0 Å². The molecule has 1 fully saturated rings. The van der Waals surface area contributed by atoms with Gasteiger partial charge in [0.15, 0.2) is 4.34 Å². The van der Waals surface area contributed by atoms with Gasteiger partial charge in [0.1, 0.15) is 0 Å². The Labute approximate surface area is 214 Å². The summed E-state index contributed by atoms with van der Waals surface area (Å²) in [6, 6.07) is 5.59. The van der Waals surface area contributed by atoms with Crippen molar-refractivity contribution in [2.24, 2.45) is 5.73 Å². The Morgan fingerprint density at radius 1 is 1.21 bits per heavy atom. The number of thioether (sulfide) groups is 1. The highest BCUT2D eigenvalue weighted by molar-refractivity contribution is 8.01. The van der Waals surface area contributed by atoms with E-state index in [0.717, 1.165) is 30.0 Å². The molecule has 2 aromatic rings. The summed E-state index contributed by atoms with van der Waals surface area (Å²) in [5.41, 5.74) is 6.09. The number of morpholine rings is 1. The fourth-order valence-electron chi connectivity index (χ4n) is 3.09. The second kappa shape index (κ2) is 13.2. The molecule has 1 aliphatic heterocycles. The number of nitrogens with zero attached hydrogens (tertiary/aromatic N) is 3. The lowest BCUT2D eigenvalue weighted by Gasteiger charge is -2.33. The molecule has 10 nitrogen and oxygen atoms in total. The molecule has 184 valence electrons. The third kappa shape index (κ3) is 9.01. The lowest BCUT2D eigenvalue weighted by atomic mass is 10.2. The fraction of sp³-hybridized carbons (Fsp3) is 0.450. The van der Waals surface area contributed by atoms with Crippen molar-refractivity contribution in [3.05, 3.63) is 33.8 Å². The molecule has 4 N–H and O–H groups in total. The third-order valence-electron chi connectivity index (χ3n) is 4.72. The van der Waals surface area contributed by atoms with Crippen LogP contribution in [0.2, 0.25) is 10.0 Å². The van der Waals surface area contributed by atoms with Crippen molar-refractivity contribution in [1.82, 2.24) is 20.4 Å². The average molecular weight is 547 g/mol. The highest BCUT2D eigenvalue weighted by Gasteiger charge is 2.21. The summed E-state index contributed by atoms with van der Waals surface area (Å²) in [5.74, 6) is -0.917. The summed E-state index contributed by atoms with van der Waals surface area (Å²) in [4.78, 5) is 36.9. The molecule has 14 heteroatoms. The molecule has 3 amide bonds. The van der Waals surface area contributed by atoms with Crippen LogP contribution in [0.25, 0.3) is 0 Å². The van der Waals surface area contributed by atoms with Gasteiger partial charge in [-0.25, -0.2) is 0 Å². The maximum Gasteiger partial charge on any atom is 0.230 e. The lowest BCUT2D eigenvalue weighted by Crippen LogP contribution is -2.47. The Balaban J connectivity index is 1.36. The molecule has 0 spiro atoms. The molecule has 0 radical (unpaired) electrons. The number of carbonyl (C=O) groups is 3. The number of anilines is 1. The van der Waals surface area contributed by atoms with Crippen LogP contribution in [0.5, 0.6) is 0 Å². The van der Waals surface area contributed by atoms with E-state index in [1.807, 2.05) is 12.1 Å². The van der Waals surface area contributed by atoms with Crippen LogP contribution in [0, 0.1) is 0 Å². The van der Waals surface area contributed by atoms with Crippen LogP contribution in [0.15, 0.2) is 22.5 Å². The lowest BCUT2D eigenvalue weighted by molar-refractivity contribution is -0.122. The van der Waals surface area contributed by atoms with Gasteiger partial charge in [-0.1, -0.05) is 52.4 Å². The van der Waals surface area contributed by atoms with Crippen molar-refractivity contribution >= 4 is 69.2 Å². The molecule has 0 saturated carbocycles. The summed E-state index contributed by atoms with van der Waals surface area (Å²) in [6.07, 6.45) is -0.174. The topological polar surface area (TPSA) is 140 Å². The number of hydrogen-bond acceptors (Lipinski definition) is 9. The molecule has 1 atom stereocenters. The van der Waals surface area contributed by atoms with Crippen LogP contribution in [0.4, 0.5) is 5.13 Å². The van der Waals surface area contributed by atoms with Crippen molar-refractivity contribution in [1.29, 1.82) is 0 Å². The quantitative estimate of drug-likeness (QED) is 0.287. The highest BCUT2D eigenvalue weighted by Crippen LogP contribution is 2.26. The van der Waals surface area contributed by atoms with E-state index in [2.05, 4.69) is 25.7 Å². The first-order chi connectivity index (χ1) is 16.3. The van der Waals surface area contributed by atoms with Crippen LogP contribution in [-0.4, -0.2) is 70.9 Å². The summed E-state index contributed by atoms with van der Waals surface area (Å²) >= 11 is 14.4. The summed E-state index contributed by atoms with van der Waals surface area (Å²) in [5, 5.41) is 14.6. The minimum atomic E-state index is -0.549. The van der Waals surface area contributed by atoms with Gasteiger partial charge < -0.3 is 21.1 Å². The van der Waals surface area contributed by atoms with E-state index in [1.165, 1.54) is 11.8 Å². The molecule has 1 aromatic heterocycles. The number of amides is 3. The van der Waals surface area contributed by atoms with E-state index in [9.17, 15) is 14.4 Å². The number of halogens is 2. The predicted molar refractivity (Wildman–Crippen MR) is 132 cm³/mol. The van der Waals surface area contributed by atoms with Gasteiger partial charge in [-0.3, -0.25) is 19.3 Å². The van der Waals surface area contributed by atoms with Gasteiger partial charge in [0.2, 0.25) is 22.9 Å². The van der Waals surface area contributed by atoms with Crippen molar-refractivity contribution in [2.75, 3.05) is 37.3 Å². The minimum Gasteiger partial charge on any atom is -0.374 e. The van der Waals surface area contributed by atoms with E-state index in [4.69, 9.17) is 33.7 Å². The minimum absolute atomic E-state index is 0.0199. The number of nitrogens with two attached hydrogens (primary N) is 1. The molecule has 1 aliphatic rings. The maximum atomic E-state index is 12.2. The molecule has 1 aromatic carbocycles. The van der Waals surface area contributed by atoms with Crippen LogP contribution in [0.1, 0.15) is 18.4 Å². The van der Waals surface area contributed by atoms with E-state index in [-0.39, 0.29) is 36.5 Å². The van der Waals surface area contributed by atoms with Crippen LogP contribution in [0.3, 0.4) is 0 Å². The molecule has 0 bridgehead atoms. The van der Waals surface area contributed by atoms with Crippen molar-refractivity contribution < 1.29 is 19.1 Å². The van der Waals surface area contributed by atoms with Gasteiger partial charge in [-0.15, -0.1) is 10.2 Å². The van der Waals surface area contributed by atoms with Gasteiger partial charge in [0.05, 0.1) is 28.5 Å². The highest BCUT2D eigenvalue weighted by atomic mass is 35.5. The number of carbonyl (C=O) groups excluding carboxylic acids is 3. The molecule has 2 heterocycles. The number of rotatable bonds is 11. The SMILES string of the molecule is NC(=O)CCC(=O)Nc1nnc(SCC(=O)NCC2CN(Cc3ccc(Cl)c(Cl)c3)CCO2)s1. The van der Waals surface area contributed by atoms with Crippen LogP contribution in [-0.2, 0) is 25.7 Å². The predicted octanol–water partition coefficient (Wildman–Crippen LogP) is 2.16. The summed E-state index contributed by atoms with van der Waals surface area (Å²) < 4.78 is 6.32. The van der Waals surface area contributed by atoms with Crippen LogP contribution < -0.4 is 16.4 Å². The maximum absolute atomic E-state index is 12.2. The summed E-state index contributed by atoms with van der Waals surface area (Å²) in [6.45, 7) is 3.17. The van der Waals surface area contributed by atoms with Gasteiger partial charge in [-0.05, 0) is 17.7 Å². The number of benzene rings is 1. The average Bonchev–Trinajstić information content (AvgIpc) is 3.25. The number of nitrogens with one attached hydrogen (secondary N) is 2. The second-order valence-corrected chi connectivity index (χ2v) is 10.5. The Kier molecular flexibility index (Phi) is 10.4. The second-order valence-electron chi connectivity index (χ2n) is 7.46. The fourth-order valence-corrected chi connectivity index (χ4v) is 5.01. The molecule has 1 unspecified atom stereocenters.